The van der Waals surface area contributed by atoms with Gasteiger partial charge in [-0.1, -0.05) is 0 Å². The predicted molar refractivity (Wildman–Crippen MR) is 34.2 cm³/mol. The Bertz CT molecular complexity index is 193. The summed E-state index contributed by atoms with van der Waals surface area (Å²) >= 11 is 0. The molecule has 0 aliphatic carbocycles. The largest absolute Gasteiger partial charge is 0.337 e. The highest BCUT2D eigenvalue weighted by atomic mass is 15.3. The zero-order valence-corrected chi connectivity index (χ0v) is 4.99. The summed E-state index contributed by atoms with van der Waals surface area (Å²) in [6.45, 7) is 2.23. The Kier molecular flexibility index (Phi) is 0.886. The first-order chi connectivity index (χ1) is 4.47. The lowest BCUT2D eigenvalue weighted by atomic mass is 10.7. The van der Waals surface area contributed by atoms with E-state index in [1.54, 1.807) is 12.4 Å². The molecule has 3 nitrogen and oxygen atoms in total. The van der Waals surface area contributed by atoms with Gasteiger partial charge < -0.3 is 4.90 Å². The molecular weight excluding hydrogens is 114 g/mol. The summed E-state index contributed by atoms with van der Waals surface area (Å²) < 4.78 is 0. The van der Waals surface area contributed by atoms with Gasteiger partial charge in [0.25, 0.3) is 0 Å². The first kappa shape index (κ1) is 4.73. The van der Waals surface area contributed by atoms with Crippen LogP contribution in [0, 0.1) is 0 Å². The van der Waals surface area contributed by atoms with E-state index < -0.39 is 0 Å². The van der Waals surface area contributed by atoms with Crippen LogP contribution >= 0.6 is 0 Å². The molecule has 9 heavy (non-hydrogen) atoms. The molecule has 0 unspecified atom stereocenters. The summed E-state index contributed by atoms with van der Waals surface area (Å²) in [5, 5.41) is 0. The minimum absolute atomic E-state index is 0.859. The summed E-state index contributed by atoms with van der Waals surface area (Å²) in [7, 11) is 0. The molecule has 3 heteroatoms. The van der Waals surface area contributed by atoms with Crippen LogP contribution in [0.3, 0.4) is 0 Å². The van der Waals surface area contributed by atoms with Crippen LogP contribution in [0.1, 0.15) is 0 Å². The van der Waals surface area contributed by atoms with E-state index in [9.17, 15) is 0 Å². The summed E-state index contributed by atoms with van der Waals surface area (Å²) in [4.78, 5) is 10.2. The van der Waals surface area contributed by atoms with Crippen LogP contribution in [0.15, 0.2) is 18.5 Å². The van der Waals surface area contributed by atoms with Crippen LogP contribution in [0.5, 0.6) is 0 Å². The van der Waals surface area contributed by atoms with E-state index in [1.165, 1.54) is 0 Å². The van der Waals surface area contributed by atoms with Gasteiger partial charge in [0, 0.05) is 25.5 Å². The number of aromatic nitrogens is 2. The Balaban J connectivity index is 2.29. The Morgan fingerprint density at radius 3 is 2.44 bits per heavy atom. The van der Waals surface area contributed by atoms with Gasteiger partial charge in [0.1, 0.15) is 0 Å². The third-order valence-electron chi connectivity index (χ3n) is 1.28. The maximum Gasteiger partial charge on any atom is 0.225 e. The second kappa shape index (κ2) is 1.69. The molecule has 0 radical (unpaired) electrons. The van der Waals surface area contributed by atoms with Crippen molar-refractivity contribution in [3.8, 4) is 0 Å². The highest BCUT2D eigenvalue weighted by Crippen LogP contribution is 2.12. The first-order valence-corrected chi connectivity index (χ1v) is 2.99. The summed E-state index contributed by atoms with van der Waals surface area (Å²) in [5.74, 6) is 0.859. The zero-order chi connectivity index (χ0) is 6.10. The van der Waals surface area contributed by atoms with Crippen molar-refractivity contribution in [2.24, 2.45) is 0 Å². The molecule has 0 atom stereocenters. The van der Waals surface area contributed by atoms with Crippen LogP contribution in [-0.4, -0.2) is 23.1 Å². The van der Waals surface area contributed by atoms with Crippen LogP contribution in [0.4, 0.5) is 5.95 Å². The van der Waals surface area contributed by atoms with E-state index in [0.717, 1.165) is 19.0 Å². The highest BCUT2D eigenvalue weighted by molar-refractivity contribution is 5.35. The molecule has 1 saturated heterocycles. The summed E-state index contributed by atoms with van der Waals surface area (Å²) in [6.07, 6.45) is 3.53. The quantitative estimate of drug-likeness (QED) is 0.500. The van der Waals surface area contributed by atoms with Gasteiger partial charge in [-0.05, 0) is 6.07 Å². The SMILES string of the molecule is c1cnc(N2CC2)nc1. The minimum atomic E-state index is 0.859. The fourth-order valence-corrected chi connectivity index (χ4v) is 0.705. The van der Waals surface area contributed by atoms with Crippen molar-refractivity contribution in [3.63, 3.8) is 0 Å². The van der Waals surface area contributed by atoms with Crippen molar-refractivity contribution in [3.05, 3.63) is 18.5 Å². The van der Waals surface area contributed by atoms with Crippen molar-refractivity contribution in [1.82, 2.24) is 9.97 Å². The lowest BCUT2D eigenvalue weighted by Gasteiger charge is -1.95. The fourth-order valence-electron chi connectivity index (χ4n) is 0.705. The number of nitrogens with zero attached hydrogens (tertiary/aromatic N) is 3. The van der Waals surface area contributed by atoms with Gasteiger partial charge in [0.15, 0.2) is 0 Å². The third kappa shape index (κ3) is 0.850. The Labute approximate surface area is 53.4 Å². The fraction of sp³-hybridized carbons (Fsp3) is 0.333. The molecule has 2 rings (SSSR count). The molecule has 0 saturated carbocycles. The van der Waals surface area contributed by atoms with Gasteiger partial charge >= 0.3 is 0 Å². The Morgan fingerprint density at radius 1 is 1.22 bits per heavy atom. The predicted octanol–water partition coefficient (Wildman–Crippen LogP) is 0.297. The van der Waals surface area contributed by atoms with E-state index in [-0.39, 0.29) is 0 Å². The van der Waals surface area contributed by atoms with Crippen molar-refractivity contribution < 1.29 is 0 Å². The molecule has 2 heterocycles. The molecule has 1 aromatic heterocycles. The van der Waals surface area contributed by atoms with E-state index in [2.05, 4.69) is 14.9 Å². The smallest absolute Gasteiger partial charge is 0.225 e. The van der Waals surface area contributed by atoms with Crippen molar-refractivity contribution in [2.45, 2.75) is 0 Å². The molecule has 0 spiro atoms. The second-order valence-electron chi connectivity index (χ2n) is 2.04. The van der Waals surface area contributed by atoms with E-state index in [1.807, 2.05) is 6.07 Å². The molecule has 1 aliphatic heterocycles. The van der Waals surface area contributed by atoms with Crippen LogP contribution in [0.2, 0.25) is 0 Å². The van der Waals surface area contributed by atoms with Crippen LogP contribution < -0.4 is 4.90 Å². The van der Waals surface area contributed by atoms with Crippen molar-refractivity contribution in [2.75, 3.05) is 18.0 Å². The second-order valence-corrected chi connectivity index (χ2v) is 2.04. The molecular formula is C6H7N3. The van der Waals surface area contributed by atoms with Gasteiger partial charge in [-0.25, -0.2) is 9.97 Å². The lowest BCUT2D eigenvalue weighted by molar-refractivity contribution is 1.11. The standard InChI is InChI=1S/C6H7N3/c1-2-7-6(8-3-1)9-4-5-9/h1-3H,4-5H2. The van der Waals surface area contributed by atoms with Gasteiger partial charge in [-0.2, -0.15) is 0 Å². The normalized spacial score (nSPS) is 15.8. The maximum absolute atomic E-state index is 4.06. The maximum atomic E-state index is 4.06. The number of hydrogen-bond donors (Lipinski definition) is 0. The molecule has 1 fully saturated rings. The van der Waals surface area contributed by atoms with Gasteiger partial charge in [-0.15, -0.1) is 0 Å². The van der Waals surface area contributed by atoms with E-state index >= 15 is 0 Å². The summed E-state index contributed by atoms with van der Waals surface area (Å²) in [5.41, 5.74) is 0. The molecule has 0 aromatic carbocycles. The molecule has 0 amide bonds. The molecule has 46 valence electrons. The van der Waals surface area contributed by atoms with Crippen molar-refractivity contribution in [1.29, 1.82) is 0 Å². The number of rotatable bonds is 1. The van der Waals surface area contributed by atoms with E-state index in [0.29, 0.717) is 0 Å². The number of hydrogen-bond acceptors (Lipinski definition) is 3. The van der Waals surface area contributed by atoms with Crippen LogP contribution in [-0.2, 0) is 0 Å². The molecule has 0 bridgehead atoms. The number of anilines is 1. The van der Waals surface area contributed by atoms with Crippen molar-refractivity contribution >= 4 is 5.95 Å². The molecule has 0 N–H and O–H groups in total. The Hall–Kier alpha value is -1.12. The average Bonchev–Trinajstić information content (AvgIpc) is 2.71. The summed E-state index contributed by atoms with van der Waals surface area (Å²) in [6, 6.07) is 1.83. The van der Waals surface area contributed by atoms with E-state index in [4.69, 9.17) is 0 Å². The van der Waals surface area contributed by atoms with Crippen LogP contribution in [0.25, 0.3) is 0 Å². The third-order valence-corrected chi connectivity index (χ3v) is 1.28. The monoisotopic (exact) mass is 121 g/mol. The Morgan fingerprint density at radius 2 is 1.89 bits per heavy atom. The molecule has 1 aromatic rings. The zero-order valence-electron chi connectivity index (χ0n) is 4.99. The molecule has 1 aliphatic rings. The topological polar surface area (TPSA) is 28.8 Å². The van der Waals surface area contributed by atoms with Gasteiger partial charge in [0.2, 0.25) is 5.95 Å². The van der Waals surface area contributed by atoms with Gasteiger partial charge in [0.05, 0.1) is 0 Å². The van der Waals surface area contributed by atoms with Gasteiger partial charge in [-0.3, -0.25) is 0 Å². The lowest BCUT2D eigenvalue weighted by Crippen LogP contribution is -1.95. The minimum Gasteiger partial charge on any atom is -0.337 e. The highest BCUT2D eigenvalue weighted by Gasteiger charge is 2.19. The average molecular weight is 121 g/mol. The first-order valence-electron chi connectivity index (χ1n) is 2.99.